The topological polar surface area (TPSA) is 218 Å². The fourth-order valence-corrected chi connectivity index (χ4v) is 2.53. The SMILES string of the molecule is CC(=O)N[C@@H](C)C(=O)N[C@@H](CCCCN)C(=O)N[C@@H](CCCN=C(N)N)B(O)O. The van der Waals surface area contributed by atoms with Crippen LogP contribution in [-0.4, -0.2) is 72.0 Å². The number of aliphatic imine (C=N–C) groups is 1. The summed E-state index contributed by atoms with van der Waals surface area (Å²) in [5.41, 5.74) is 15.9. The number of carbonyl (C=O) groups is 3. The average molecular weight is 415 g/mol. The lowest BCUT2D eigenvalue weighted by Crippen LogP contribution is -2.56. The summed E-state index contributed by atoms with van der Waals surface area (Å²) in [4.78, 5) is 39.8. The molecule has 3 amide bonds. The van der Waals surface area contributed by atoms with Gasteiger partial charge in [-0.15, -0.1) is 0 Å². The molecule has 12 nitrogen and oxygen atoms in total. The molecule has 29 heavy (non-hydrogen) atoms. The first-order valence-electron chi connectivity index (χ1n) is 9.57. The summed E-state index contributed by atoms with van der Waals surface area (Å²) in [7, 11) is -1.79. The van der Waals surface area contributed by atoms with E-state index in [0.717, 1.165) is 0 Å². The van der Waals surface area contributed by atoms with Crippen LogP contribution >= 0.6 is 0 Å². The van der Waals surface area contributed by atoms with Crippen LogP contribution in [0.3, 0.4) is 0 Å². The van der Waals surface area contributed by atoms with Crippen LogP contribution in [0.15, 0.2) is 4.99 Å². The van der Waals surface area contributed by atoms with Crippen molar-refractivity contribution in [3.8, 4) is 0 Å². The highest BCUT2D eigenvalue weighted by molar-refractivity contribution is 6.43. The van der Waals surface area contributed by atoms with Gasteiger partial charge in [0.15, 0.2) is 5.96 Å². The summed E-state index contributed by atoms with van der Waals surface area (Å²) in [6.45, 7) is 3.49. The van der Waals surface area contributed by atoms with Gasteiger partial charge in [0.05, 0.1) is 5.94 Å². The summed E-state index contributed by atoms with van der Waals surface area (Å²) in [6.07, 6.45) is 2.17. The van der Waals surface area contributed by atoms with E-state index in [-0.39, 0.29) is 24.8 Å². The van der Waals surface area contributed by atoms with Gasteiger partial charge in [0.1, 0.15) is 12.1 Å². The molecule has 0 radical (unpaired) electrons. The zero-order valence-electron chi connectivity index (χ0n) is 17.1. The zero-order chi connectivity index (χ0) is 22.4. The number of rotatable bonds is 14. The molecule has 0 spiro atoms. The predicted octanol–water partition coefficient (Wildman–Crippen LogP) is -3.32. The van der Waals surface area contributed by atoms with E-state index in [1.54, 1.807) is 0 Å². The number of guanidine groups is 1. The second-order valence-corrected chi connectivity index (χ2v) is 6.75. The molecule has 0 aromatic heterocycles. The van der Waals surface area contributed by atoms with Crippen LogP contribution in [0.1, 0.15) is 46.0 Å². The van der Waals surface area contributed by atoms with Crippen LogP contribution in [0, 0.1) is 0 Å². The average Bonchev–Trinajstić information content (AvgIpc) is 2.62. The van der Waals surface area contributed by atoms with Crippen molar-refractivity contribution in [2.75, 3.05) is 13.1 Å². The van der Waals surface area contributed by atoms with Crippen molar-refractivity contribution >= 4 is 30.8 Å². The van der Waals surface area contributed by atoms with E-state index >= 15 is 0 Å². The Hall–Kier alpha value is -2.38. The molecule has 3 atom stereocenters. The summed E-state index contributed by atoms with van der Waals surface area (Å²) >= 11 is 0. The number of unbranched alkanes of at least 4 members (excludes halogenated alkanes) is 1. The summed E-state index contributed by atoms with van der Waals surface area (Å²) in [5.74, 6) is -2.50. The zero-order valence-corrected chi connectivity index (χ0v) is 17.1. The van der Waals surface area contributed by atoms with Crippen LogP contribution < -0.4 is 33.2 Å². The Morgan fingerprint density at radius 1 is 1.00 bits per heavy atom. The first-order valence-corrected chi connectivity index (χ1v) is 9.57. The van der Waals surface area contributed by atoms with E-state index < -0.39 is 37.0 Å². The first-order chi connectivity index (χ1) is 13.6. The van der Waals surface area contributed by atoms with Crippen molar-refractivity contribution in [1.82, 2.24) is 16.0 Å². The van der Waals surface area contributed by atoms with E-state index in [0.29, 0.717) is 32.2 Å². The van der Waals surface area contributed by atoms with Gasteiger partial charge in [0.2, 0.25) is 17.7 Å². The molecule has 0 fully saturated rings. The monoisotopic (exact) mass is 415 g/mol. The van der Waals surface area contributed by atoms with E-state index in [1.807, 2.05) is 0 Å². The third-order valence-electron chi connectivity index (χ3n) is 4.05. The molecule has 0 saturated carbocycles. The molecule has 0 aromatic rings. The Bertz CT molecular complexity index is 558. The molecule has 0 rings (SSSR count). The summed E-state index contributed by atoms with van der Waals surface area (Å²) in [6, 6.07) is -1.74. The van der Waals surface area contributed by atoms with Gasteiger partial charge in [0.25, 0.3) is 0 Å². The number of nitrogens with one attached hydrogen (secondary N) is 3. The third-order valence-corrected chi connectivity index (χ3v) is 4.05. The number of hydrogen-bond acceptors (Lipinski definition) is 7. The van der Waals surface area contributed by atoms with E-state index in [2.05, 4.69) is 20.9 Å². The molecule has 0 saturated heterocycles. The van der Waals surface area contributed by atoms with Crippen molar-refractivity contribution in [1.29, 1.82) is 0 Å². The minimum atomic E-state index is -1.79. The highest BCUT2D eigenvalue weighted by Gasteiger charge is 2.29. The molecule has 0 aliphatic heterocycles. The lowest BCUT2D eigenvalue weighted by Gasteiger charge is -2.24. The Morgan fingerprint density at radius 3 is 2.17 bits per heavy atom. The van der Waals surface area contributed by atoms with Crippen molar-refractivity contribution < 1.29 is 24.4 Å². The van der Waals surface area contributed by atoms with Gasteiger partial charge in [-0.05, 0) is 45.6 Å². The van der Waals surface area contributed by atoms with Gasteiger partial charge in [-0.2, -0.15) is 0 Å². The number of hydrogen-bond donors (Lipinski definition) is 8. The maximum absolute atomic E-state index is 12.6. The maximum atomic E-state index is 12.6. The van der Waals surface area contributed by atoms with Crippen molar-refractivity contribution in [2.24, 2.45) is 22.2 Å². The smallest absolute Gasteiger partial charge is 0.426 e. The Morgan fingerprint density at radius 2 is 1.66 bits per heavy atom. The number of amides is 3. The third kappa shape index (κ3) is 12.6. The fourth-order valence-electron chi connectivity index (χ4n) is 2.53. The van der Waals surface area contributed by atoms with E-state index in [4.69, 9.17) is 17.2 Å². The largest absolute Gasteiger partial charge is 0.475 e. The van der Waals surface area contributed by atoms with Gasteiger partial charge in [-0.3, -0.25) is 19.4 Å². The Labute approximate surface area is 171 Å². The highest BCUT2D eigenvalue weighted by atomic mass is 16.4. The molecule has 0 bridgehead atoms. The van der Waals surface area contributed by atoms with Crippen molar-refractivity contribution in [3.63, 3.8) is 0 Å². The van der Waals surface area contributed by atoms with Gasteiger partial charge in [-0.25, -0.2) is 0 Å². The molecule has 13 heteroatoms. The van der Waals surface area contributed by atoms with Crippen LogP contribution in [0.4, 0.5) is 0 Å². The quantitative estimate of drug-likeness (QED) is 0.0619. The molecule has 11 N–H and O–H groups in total. The van der Waals surface area contributed by atoms with E-state index in [9.17, 15) is 24.4 Å². The van der Waals surface area contributed by atoms with Crippen LogP contribution in [0.25, 0.3) is 0 Å². The van der Waals surface area contributed by atoms with E-state index in [1.165, 1.54) is 13.8 Å². The molecule has 166 valence electrons. The highest BCUT2D eigenvalue weighted by Crippen LogP contribution is 2.05. The van der Waals surface area contributed by atoms with Gasteiger partial charge in [-0.1, -0.05) is 0 Å². The number of nitrogens with zero attached hydrogens (tertiary/aromatic N) is 1. The van der Waals surface area contributed by atoms with Crippen LogP contribution in [0.2, 0.25) is 0 Å². The minimum Gasteiger partial charge on any atom is -0.426 e. The molecule has 0 aliphatic carbocycles. The molecule has 0 aromatic carbocycles. The second-order valence-electron chi connectivity index (χ2n) is 6.75. The standard InChI is InChI=1S/C16H34BN7O5/c1-10(22-11(2)25)14(26)23-12(6-3-4-8-18)15(27)24-13(17(28)29)7-5-9-21-16(19)20/h10,12-13,28-29H,3-9,18H2,1-2H3,(H,22,25)(H,23,26)(H,24,27)(H4,19,20,21)/t10-,12-,13-/m0/s1. The second kappa shape index (κ2) is 14.6. The van der Waals surface area contributed by atoms with Crippen LogP contribution in [0.5, 0.6) is 0 Å². The molecular weight excluding hydrogens is 381 g/mol. The summed E-state index contributed by atoms with van der Waals surface area (Å²) < 4.78 is 0. The molecular formula is C16H34BN7O5. The lowest BCUT2D eigenvalue weighted by molar-refractivity contribution is -0.131. The van der Waals surface area contributed by atoms with Gasteiger partial charge in [0, 0.05) is 13.5 Å². The Balaban J connectivity index is 4.97. The lowest BCUT2D eigenvalue weighted by atomic mass is 9.76. The molecule has 0 heterocycles. The normalized spacial score (nSPS) is 13.6. The number of carbonyl (C=O) groups excluding carboxylic acids is 3. The first kappa shape index (κ1) is 26.6. The maximum Gasteiger partial charge on any atom is 0.475 e. The van der Waals surface area contributed by atoms with Crippen molar-refractivity contribution in [3.05, 3.63) is 0 Å². The van der Waals surface area contributed by atoms with Gasteiger partial charge < -0.3 is 43.2 Å². The predicted molar refractivity (Wildman–Crippen MR) is 110 cm³/mol. The summed E-state index contributed by atoms with van der Waals surface area (Å²) in [5, 5.41) is 26.6. The fraction of sp³-hybridized carbons (Fsp3) is 0.750. The molecule has 0 unspecified atom stereocenters. The van der Waals surface area contributed by atoms with Crippen molar-refractivity contribution in [2.45, 2.75) is 64.0 Å². The minimum absolute atomic E-state index is 0.0777. The van der Waals surface area contributed by atoms with Gasteiger partial charge >= 0.3 is 7.12 Å². The van der Waals surface area contributed by atoms with Crippen LogP contribution in [-0.2, 0) is 14.4 Å². The Kier molecular flexibility index (Phi) is 13.4. The number of nitrogens with two attached hydrogens (primary N) is 3. The molecule has 0 aliphatic rings.